The zero-order valence-corrected chi connectivity index (χ0v) is 14.7. The van der Waals surface area contributed by atoms with E-state index in [0.29, 0.717) is 24.2 Å². The number of nitrogens with one attached hydrogen (secondary N) is 2. The summed E-state index contributed by atoms with van der Waals surface area (Å²) >= 11 is 0. The summed E-state index contributed by atoms with van der Waals surface area (Å²) in [6, 6.07) is 16.0. The predicted octanol–water partition coefficient (Wildman–Crippen LogP) is 4.47. The summed E-state index contributed by atoms with van der Waals surface area (Å²) in [5.41, 5.74) is 1.39. The van der Waals surface area contributed by atoms with E-state index in [1.165, 1.54) is 12.1 Å². The zero-order valence-electron chi connectivity index (χ0n) is 14.7. The summed E-state index contributed by atoms with van der Waals surface area (Å²) in [5, 5.41) is 7.52. The van der Waals surface area contributed by atoms with Crippen LogP contribution < -0.4 is 10.6 Å². The average molecular weight is 372 g/mol. The third-order valence-electron chi connectivity index (χ3n) is 4.33. The monoisotopic (exact) mass is 372 g/mol. The molecule has 2 N–H and O–H groups in total. The maximum absolute atomic E-state index is 12.8. The molecule has 1 amide bonds. The van der Waals surface area contributed by atoms with Crippen molar-refractivity contribution in [1.82, 2.24) is 10.6 Å². The molecule has 0 aliphatic heterocycles. The second-order valence-electron chi connectivity index (χ2n) is 6.18. The van der Waals surface area contributed by atoms with Crippen molar-refractivity contribution < 1.29 is 18.0 Å². The Morgan fingerprint density at radius 1 is 0.963 bits per heavy atom. The van der Waals surface area contributed by atoms with Crippen molar-refractivity contribution >= 4 is 16.7 Å². The number of rotatable bonds is 5. The van der Waals surface area contributed by atoms with Crippen molar-refractivity contribution in [1.29, 1.82) is 0 Å². The number of hydrogen-bond donors (Lipinski definition) is 2. The number of fused-ring (bicyclic) bond motifs is 1. The zero-order chi connectivity index (χ0) is 19.4. The largest absolute Gasteiger partial charge is 0.416 e. The molecule has 0 saturated carbocycles. The van der Waals surface area contributed by atoms with E-state index in [1.807, 2.05) is 31.3 Å². The highest BCUT2D eigenvalue weighted by atomic mass is 19.4. The fraction of sp³-hybridized carbons (Fsp3) is 0.190. The van der Waals surface area contributed by atoms with E-state index in [9.17, 15) is 18.0 Å². The molecule has 6 heteroatoms. The number of carbonyl (C=O) groups is 1. The summed E-state index contributed by atoms with van der Waals surface area (Å²) in [6.45, 7) is 1.20. The van der Waals surface area contributed by atoms with Gasteiger partial charge in [-0.25, -0.2) is 0 Å². The predicted molar refractivity (Wildman–Crippen MR) is 101 cm³/mol. The van der Waals surface area contributed by atoms with Crippen molar-refractivity contribution in [2.75, 3.05) is 20.1 Å². The summed E-state index contributed by atoms with van der Waals surface area (Å²) in [6.07, 6.45) is -4.35. The Balaban J connectivity index is 1.93. The number of amides is 1. The number of alkyl halides is 3. The van der Waals surface area contributed by atoms with Gasteiger partial charge in [-0.15, -0.1) is 0 Å². The minimum absolute atomic E-state index is 0.160. The SMILES string of the molecule is CNCCNC(=O)c1ccc2c(-c3ccc(C(F)(F)F)cc3)cccc2c1. The highest BCUT2D eigenvalue weighted by molar-refractivity contribution is 6.02. The van der Waals surface area contributed by atoms with E-state index in [4.69, 9.17) is 0 Å². The summed E-state index contributed by atoms with van der Waals surface area (Å²) in [7, 11) is 1.81. The van der Waals surface area contributed by atoms with Crippen molar-refractivity contribution in [3.63, 3.8) is 0 Å². The minimum atomic E-state index is -4.35. The number of likely N-dealkylation sites (N-methyl/N-ethyl adjacent to an activating group) is 1. The van der Waals surface area contributed by atoms with Gasteiger partial charge in [-0.3, -0.25) is 4.79 Å². The van der Waals surface area contributed by atoms with Gasteiger partial charge in [0.1, 0.15) is 0 Å². The van der Waals surface area contributed by atoms with Crippen LogP contribution in [0.2, 0.25) is 0 Å². The lowest BCUT2D eigenvalue weighted by Crippen LogP contribution is -2.30. The molecule has 0 aromatic heterocycles. The highest BCUT2D eigenvalue weighted by Gasteiger charge is 2.30. The molecule has 27 heavy (non-hydrogen) atoms. The van der Waals surface area contributed by atoms with Crippen LogP contribution in [0.5, 0.6) is 0 Å². The molecule has 3 aromatic carbocycles. The van der Waals surface area contributed by atoms with Crippen molar-refractivity contribution in [2.45, 2.75) is 6.18 Å². The minimum Gasteiger partial charge on any atom is -0.351 e. The Hall–Kier alpha value is -2.86. The first kappa shape index (κ1) is 18.9. The Morgan fingerprint density at radius 2 is 1.70 bits per heavy atom. The van der Waals surface area contributed by atoms with Gasteiger partial charge in [0.15, 0.2) is 0 Å². The smallest absolute Gasteiger partial charge is 0.351 e. The number of hydrogen-bond acceptors (Lipinski definition) is 2. The van der Waals surface area contributed by atoms with Gasteiger partial charge in [0.25, 0.3) is 5.91 Å². The summed E-state index contributed by atoms with van der Waals surface area (Å²) in [4.78, 5) is 12.2. The molecule has 0 spiro atoms. The maximum atomic E-state index is 12.8. The average Bonchev–Trinajstić information content (AvgIpc) is 2.66. The highest BCUT2D eigenvalue weighted by Crippen LogP contribution is 2.33. The summed E-state index contributed by atoms with van der Waals surface area (Å²) < 4.78 is 38.3. The molecule has 0 heterocycles. The molecule has 0 radical (unpaired) electrons. The molecule has 0 atom stereocenters. The molecule has 0 unspecified atom stereocenters. The molecule has 0 saturated heterocycles. The topological polar surface area (TPSA) is 41.1 Å². The first-order valence-electron chi connectivity index (χ1n) is 8.53. The van der Waals surface area contributed by atoms with Gasteiger partial charge in [0.2, 0.25) is 0 Å². The van der Waals surface area contributed by atoms with Crippen molar-refractivity contribution in [3.05, 3.63) is 71.8 Å². The molecule has 140 valence electrons. The normalized spacial score (nSPS) is 11.6. The molecule has 3 rings (SSSR count). The first-order chi connectivity index (χ1) is 12.9. The van der Waals surface area contributed by atoms with Gasteiger partial charge >= 0.3 is 6.18 Å². The molecule has 0 aliphatic carbocycles. The second kappa shape index (κ2) is 7.80. The van der Waals surface area contributed by atoms with Crippen LogP contribution in [-0.4, -0.2) is 26.0 Å². The van der Waals surface area contributed by atoms with Gasteiger partial charge in [0.05, 0.1) is 5.56 Å². The molecular weight excluding hydrogens is 353 g/mol. The fourth-order valence-corrected chi connectivity index (χ4v) is 2.92. The summed E-state index contributed by atoms with van der Waals surface area (Å²) in [5.74, 6) is -0.160. The van der Waals surface area contributed by atoms with Gasteiger partial charge in [-0.05, 0) is 53.2 Å². The molecular formula is C21H19F3N2O. The quantitative estimate of drug-likeness (QED) is 0.649. The van der Waals surface area contributed by atoms with Gasteiger partial charge in [-0.2, -0.15) is 13.2 Å². The van der Waals surface area contributed by atoms with Crippen LogP contribution >= 0.6 is 0 Å². The van der Waals surface area contributed by atoms with Gasteiger partial charge in [-0.1, -0.05) is 36.4 Å². The first-order valence-corrected chi connectivity index (χ1v) is 8.53. The third-order valence-corrected chi connectivity index (χ3v) is 4.33. The molecule has 3 aromatic rings. The third kappa shape index (κ3) is 4.28. The molecule has 0 fully saturated rings. The van der Waals surface area contributed by atoms with E-state index in [2.05, 4.69) is 10.6 Å². The Labute approximate surface area is 155 Å². The Kier molecular flexibility index (Phi) is 5.46. The number of halogens is 3. The second-order valence-corrected chi connectivity index (χ2v) is 6.18. The number of carbonyl (C=O) groups excluding carboxylic acids is 1. The van der Waals surface area contributed by atoms with Crippen LogP contribution in [-0.2, 0) is 6.18 Å². The molecule has 0 bridgehead atoms. The molecule has 0 aliphatic rings. The standard InChI is InChI=1S/C21H19F3N2O/c1-25-11-12-26-20(27)16-7-10-19-15(13-16)3-2-4-18(19)14-5-8-17(9-6-14)21(22,23)24/h2-10,13,25H,11-12H2,1H3,(H,26,27). The van der Waals surface area contributed by atoms with Gasteiger partial charge < -0.3 is 10.6 Å². The van der Waals surface area contributed by atoms with E-state index >= 15 is 0 Å². The molecule has 3 nitrogen and oxygen atoms in total. The van der Waals surface area contributed by atoms with E-state index in [-0.39, 0.29) is 5.91 Å². The van der Waals surface area contributed by atoms with Crippen molar-refractivity contribution in [3.8, 4) is 11.1 Å². The lowest BCUT2D eigenvalue weighted by Gasteiger charge is -2.11. The van der Waals surface area contributed by atoms with Crippen LogP contribution in [0, 0.1) is 0 Å². The number of benzene rings is 3. The van der Waals surface area contributed by atoms with Crippen LogP contribution in [0.1, 0.15) is 15.9 Å². The van der Waals surface area contributed by atoms with E-state index in [0.717, 1.165) is 28.5 Å². The fourth-order valence-electron chi connectivity index (χ4n) is 2.92. The van der Waals surface area contributed by atoms with Crippen molar-refractivity contribution in [2.24, 2.45) is 0 Å². The Morgan fingerprint density at radius 3 is 2.37 bits per heavy atom. The maximum Gasteiger partial charge on any atom is 0.416 e. The van der Waals surface area contributed by atoms with Crippen LogP contribution in [0.15, 0.2) is 60.7 Å². The van der Waals surface area contributed by atoms with Gasteiger partial charge in [0, 0.05) is 18.7 Å². The lowest BCUT2D eigenvalue weighted by atomic mass is 9.96. The van der Waals surface area contributed by atoms with Crippen LogP contribution in [0.3, 0.4) is 0 Å². The lowest BCUT2D eigenvalue weighted by molar-refractivity contribution is -0.137. The van der Waals surface area contributed by atoms with Crippen LogP contribution in [0.4, 0.5) is 13.2 Å². The van der Waals surface area contributed by atoms with Crippen LogP contribution in [0.25, 0.3) is 21.9 Å². The Bertz CT molecular complexity index is 950. The van der Waals surface area contributed by atoms with E-state index < -0.39 is 11.7 Å². The van der Waals surface area contributed by atoms with E-state index in [1.54, 1.807) is 12.1 Å².